The molecule has 0 saturated heterocycles. The zero-order valence-corrected chi connectivity index (χ0v) is 17.3. The smallest absolute Gasteiger partial charge is 1.00 e. The van der Waals surface area contributed by atoms with Gasteiger partial charge in [0.2, 0.25) is 0 Å². The fraction of sp³-hybridized carbons (Fsp3) is 1.00. The van der Waals surface area contributed by atoms with Gasteiger partial charge in [-0.3, -0.25) is 4.55 Å². The monoisotopic (exact) mass is 298 g/mol. The fourth-order valence-electron chi connectivity index (χ4n) is 1.77. The van der Waals surface area contributed by atoms with Crippen LogP contribution in [0.3, 0.4) is 0 Å². The predicted molar refractivity (Wildman–Crippen MR) is 70.5 cm³/mol. The van der Waals surface area contributed by atoms with Crippen LogP contribution in [-0.2, 0) is 10.1 Å². The van der Waals surface area contributed by atoms with E-state index < -0.39 is 10.1 Å². The molecule has 0 saturated carbocycles. The summed E-state index contributed by atoms with van der Waals surface area (Å²) in [5.74, 6) is -0.0799. The normalized spacial score (nSPS) is 10.6. The van der Waals surface area contributed by atoms with E-state index in [1.165, 1.54) is 44.9 Å². The second kappa shape index (κ2) is 17.0. The second-order valence-electron chi connectivity index (χ2n) is 4.47. The van der Waals surface area contributed by atoms with Crippen LogP contribution >= 0.6 is 0 Å². The maximum atomic E-state index is 10.4. The molecule has 0 fully saturated rings. The molecule has 0 aliphatic rings. The van der Waals surface area contributed by atoms with E-state index in [2.05, 4.69) is 6.92 Å². The van der Waals surface area contributed by atoms with Crippen molar-refractivity contribution in [3.8, 4) is 0 Å². The second-order valence-corrected chi connectivity index (χ2v) is 6.04. The largest absolute Gasteiger partial charge is 1.00 e. The minimum atomic E-state index is -3.73. The van der Waals surface area contributed by atoms with Crippen LogP contribution in [0.5, 0.6) is 0 Å². The van der Waals surface area contributed by atoms with Gasteiger partial charge in [0.05, 0.1) is 5.75 Å². The zero-order valence-electron chi connectivity index (χ0n) is 14.5. The molecule has 6 heteroatoms. The van der Waals surface area contributed by atoms with Gasteiger partial charge in [-0.25, -0.2) is 0 Å². The third-order valence-corrected chi connectivity index (χ3v) is 3.56. The minimum absolute atomic E-state index is 0. The third kappa shape index (κ3) is 23.0. The van der Waals surface area contributed by atoms with Gasteiger partial charge in [0.15, 0.2) is 0 Å². The summed E-state index contributed by atoms with van der Waals surface area (Å²) < 4.78 is 29.4. The molecule has 0 amide bonds. The molecule has 0 spiro atoms. The van der Waals surface area contributed by atoms with E-state index in [-0.39, 0.29) is 67.7 Å². The van der Waals surface area contributed by atoms with E-state index in [1.807, 2.05) is 0 Å². The van der Waals surface area contributed by atoms with Crippen molar-refractivity contribution in [2.24, 2.45) is 0 Å². The van der Waals surface area contributed by atoms with Gasteiger partial charge in [-0.2, -0.15) is 8.42 Å². The summed E-state index contributed by atoms with van der Waals surface area (Å²) in [5, 5.41) is 0. The molecular weight excluding hydrogens is 270 g/mol. The molecule has 0 unspecified atom stereocenters. The fourth-order valence-corrected chi connectivity index (χ4v) is 2.34. The average Bonchev–Trinajstić information content (AvgIpc) is 2.19. The number of rotatable bonds is 11. The van der Waals surface area contributed by atoms with Crippen LogP contribution in [0, 0.1) is 0 Å². The zero-order chi connectivity index (χ0) is 12.3. The molecule has 0 aromatic carbocycles. The van der Waals surface area contributed by atoms with Crippen LogP contribution in [0.2, 0.25) is 0 Å². The van der Waals surface area contributed by atoms with Crippen LogP contribution in [0.15, 0.2) is 0 Å². The molecule has 0 aliphatic carbocycles. The van der Waals surface area contributed by atoms with E-state index in [9.17, 15) is 8.42 Å². The van der Waals surface area contributed by atoms with Gasteiger partial charge in [0.1, 0.15) is 0 Å². The topological polar surface area (TPSA) is 54.4 Å². The Bertz CT molecular complexity index is 253. The quantitative estimate of drug-likeness (QED) is 0.273. The Morgan fingerprint density at radius 3 is 1.44 bits per heavy atom. The molecular formula is C12H28Na2O3S. The van der Waals surface area contributed by atoms with Gasteiger partial charge in [0.25, 0.3) is 10.1 Å². The number of unbranched alkanes of at least 4 members (excludes halogenated alkanes) is 9. The standard InChI is InChI=1S/C12H26O3S.2Na.2H/c1-2-3-4-5-6-7-8-9-10-11-12-16(13,14)15;;;;/h2-12H2,1H3,(H,13,14,15);;;;/q;2*+1;2*-1. The van der Waals surface area contributed by atoms with Crippen molar-refractivity contribution in [3.05, 3.63) is 0 Å². The molecule has 0 rings (SSSR count). The van der Waals surface area contributed by atoms with Crippen LogP contribution < -0.4 is 59.1 Å². The van der Waals surface area contributed by atoms with E-state index >= 15 is 0 Å². The molecule has 3 nitrogen and oxygen atoms in total. The Hall–Kier alpha value is 1.91. The summed E-state index contributed by atoms with van der Waals surface area (Å²) in [7, 11) is -3.73. The van der Waals surface area contributed by atoms with Gasteiger partial charge >= 0.3 is 59.1 Å². The Balaban J connectivity index is -0.000000187. The molecule has 102 valence electrons. The van der Waals surface area contributed by atoms with Crippen LogP contribution in [-0.4, -0.2) is 18.7 Å². The van der Waals surface area contributed by atoms with Crippen LogP contribution in [0.1, 0.15) is 74.0 Å². The van der Waals surface area contributed by atoms with Crippen LogP contribution in [0.25, 0.3) is 0 Å². The first-order valence-electron chi connectivity index (χ1n) is 6.51. The van der Waals surface area contributed by atoms with E-state index in [0.717, 1.165) is 12.8 Å². The summed E-state index contributed by atoms with van der Waals surface area (Å²) in [4.78, 5) is 0. The first-order chi connectivity index (χ1) is 7.56. The minimum Gasteiger partial charge on any atom is -1.00 e. The maximum Gasteiger partial charge on any atom is 1.00 e. The summed E-state index contributed by atoms with van der Waals surface area (Å²) in [6, 6.07) is 0. The van der Waals surface area contributed by atoms with Crippen molar-refractivity contribution in [1.29, 1.82) is 0 Å². The molecule has 0 atom stereocenters. The number of hydrogen-bond donors (Lipinski definition) is 1. The number of hydrogen-bond acceptors (Lipinski definition) is 2. The summed E-state index contributed by atoms with van der Waals surface area (Å²) in [6.45, 7) is 2.22. The van der Waals surface area contributed by atoms with Gasteiger partial charge in [-0.1, -0.05) is 64.7 Å². The van der Waals surface area contributed by atoms with Crippen molar-refractivity contribution >= 4 is 10.1 Å². The van der Waals surface area contributed by atoms with Crippen molar-refractivity contribution in [2.75, 3.05) is 5.75 Å². The van der Waals surface area contributed by atoms with Crippen molar-refractivity contribution < 1.29 is 74.9 Å². The van der Waals surface area contributed by atoms with Gasteiger partial charge < -0.3 is 2.85 Å². The molecule has 0 aromatic heterocycles. The average molecular weight is 298 g/mol. The van der Waals surface area contributed by atoms with Gasteiger partial charge in [0, 0.05) is 0 Å². The summed E-state index contributed by atoms with van der Waals surface area (Å²) >= 11 is 0. The predicted octanol–water partition coefficient (Wildman–Crippen LogP) is -1.97. The maximum absolute atomic E-state index is 10.4. The van der Waals surface area contributed by atoms with Crippen molar-refractivity contribution in [3.63, 3.8) is 0 Å². The molecule has 1 N–H and O–H groups in total. The third-order valence-electron chi connectivity index (χ3n) is 2.76. The van der Waals surface area contributed by atoms with Crippen molar-refractivity contribution in [2.45, 2.75) is 71.1 Å². The molecule has 0 radical (unpaired) electrons. The molecule has 0 heterocycles. The van der Waals surface area contributed by atoms with Crippen molar-refractivity contribution in [1.82, 2.24) is 0 Å². The SMILES string of the molecule is CCCCCCCCCCCCS(=O)(=O)O.[H-].[H-].[Na+].[Na+]. The first kappa shape index (κ1) is 24.9. The first-order valence-corrected chi connectivity index (χ1v) is 8.12. The molecule has 18 heavy (non-hydrogen) atoms. The Labute approximate surface area is 160 Å². The Morgan fingerprint density at radius 1 is 0.778 bits per heavy atom. The van der Waals surface area contributed by atoms with Gasteiger partial charge in [-0.05, 0) is 6.42 Å². The molecule has 0 aromatic rings. The van der Waals surface area contributed by atoms with Gasteiger partial charge in [-0.15, -0.1) is 0 Å². The molecule has 0 bridgehead atoms. The Morgan fingerprint density at radius 2 is 1.11 bits per heavy atom. The van der Waals surface area contributed by atoms with Crippen LogP contribution in [0.4, 0.5) is 0 Å². The summed E-state index contributed by atoms with van der Waals surface area (Å²) in [5.41, 5.74) is 0. The van der Waals surface area contributed by atoms with E-state index in [1.54, 1.807) is 0 Å². The van der Waals surface area contributed by atoms with E-state index in [4.69, 9.17) is 4.55 Å². The Kier molecular flexibility index (Phi) is 23.5. The molecule has 0 aliphatic heterocycles. The summed E-state index contributed by atoms with van der Waals surface area (Å²) in [6.07, 6.45) is 11.7. The van der Waals surface area contributed by atoms with E-state index in [0.29, 0.717) is 6.42 Å².